The molecular weight excluding hydrogens is 274 g/mol. The second kappa shape index (κ2) is 5.71. The summed E-state index contributed by atoms with van der Waals surface area (Å²) in [6, 6.07) is 7.63. The second-order valence-electron chi connectivity index (χ2n) is 5.48. The minimum atomic E-state index is -3.48. The standard InChI is InChI=1S/C14H23N3O2S/c1-11(2)16(3)20(18,19)17-10-12(8-9-15)13-6-4-5-7-14(13)17/h4-7,11-12H,8-10,15H2,1-3H3. The van der Waals surface area contributed by atoms with Crippen molar-refractivity contribution in [2.24, 2.45) is 5.73 Å². The van der Waals surface area contributed by atoms with E-state index in [4.69, 9.17) is 5.73 Å². The minimum Gasteiger partial charge on any atom is -0.330 e. The highest BCUT2D eigenvalue weighted by Gasteiger charge is 2.37. The van der Waals surface area contributed by atoms with Crippen LogP contribution in [0.5, 0.6) is 0 Å². The highest BCUT2D eigenvalue weighted by Crippen LogP contribution is 2.39. The average molecular weight is 297 g/mol. The van der Waals surface area contributed by atoms with E-state index in [-0.39, 0.29) is 12.0 Å². The highest BCUT2D eigenvalue weighted by atomic mass is 32.2. The van der Waals surface area contributed by atoms with Crippen LogP contribution in [0.3, 0.4) is 0 Å². The summed E-state index contributed by atoms with van der Waals surface area (Å²) in [7, 11) is -1.85. The van der Waals surface area contributed by atoms with Gasteiger partial charge in [-0.3, -0.25) is 4.31 Å². The molecule has 2 rings (SSSR count). The largest absolute Gasteiger partial charge is 0.330 e. The van der Waals surface area contributed by atoms with E-state index >= 15 is 0 Å². The molecule has 5 nitrogen and oxygen atoms in total. The van der Waals surface area contributed by atoms with Crippen LogP contribution in [-0.4, -0.2) is 38.9 Å². The zero-order valence-electron chi connectivity index (χ0n) is 12.3. The molecule has 0 aromatic heterocycles. The van der Waals surface area contributed by atoms with Gasteiger partial charge >= 0.3 is 10.2 Å². The van der Waals surface area contributed by atoms with Crippen molar-refractivity contribution >= 4 is 15.9 Å². The first-order valence-corrected chi connectivity index (χ1v) is 8.34. The molecule has 1 atom stereocenters. The molecule has 2 N–H and O–H groups in total. The maximum absolute atomic E-state index is 12.7. The lowest BCUT2D eigenvalue weighted by Gasteiger charge is -2.28. The van der Waals surface area contributed by atoms with Gasteiger partial charge in [-0.15, -0.1) is 0 Å². The zero-order chi connectivity index (χ0) is 14.9. The average Bonchev–Trinajstić information content (AvgIpc) is 2.78. The Morgan fingerprint density at radius 2 is 2.05 bits per heavy atom. The number of anilines is 1. The van der Waals surface area contributed by atoms with Crippen molar-refractivity contribution in [1.29, 1.82) is 0 Å². The minimum absolute atomic E-state index is 0.0688. The van der Waals surface area contributed by atoms with Gasteiger partial charge < -0.3 is 5.73 Å². The molecule has 1 heterocycles. The van der Waals surface area contributed by atoms with Crippen LogP contribution in [0, 0.1) is 0 Å². The van der Waals surface area contributed by atoms with Crippen molar-refractivity contribution in [3.8, 4) is 0 Å². The Kier molecular flexibility index (Phi) is 4.36. The summed E-state index contributed by atoms with van der Waals surface area (Å²) in [5, 5.41) is 0. The monoisotopic (exact) mass is 297 g/mol. The van der Waals surface area contributed by atoms with Gasteiger partial charge in [0.2, 0.25) is 0 Å². The number of nitrogens with zero attached hydrogens (tertiary/aromatic N) is 2. The third-order valence-electron chi connectivity index (χ3n) is 3.92. The van der Waals surface area contributed by atoms with Gasteiger partial charge in [0, 0.05) is 25.6 Å². The summed E-state index contributed by atoms with van der Waals surface area (Å²) in [6.07, 6.45) is 0.800. The van der Waals surface area contributed by atoms with E-state index in [1.165, 1.54) is 8.61 Å². The number of rotatable bonds is 5. The van der Waals surface area contributed by atoms with Crippen LogP contribution < -0.4 is 10.0 Å². The number of hydrogen-bond acceptors (Lipinski definition) is 3. The molecule has 0 saturated carbocycles. The molecule has 1 aliphatic heterocycles. The molecule has 0 fully saturated rings. The lowest BCUT2D eigenvalue weighted by molar-refractivity contribution is 0.408. The van der Waals surface area contributed by atoms with Crippen molar-refractivity contribution in [3.63, 3.8) is 0 Å². The van der Waals surface area contributed by atoms with Crippen molar-refractivity contribution in [1.82, 2.24) is 4.31 Å². The van der Waals surface area contributed by atoms with E-state index in [1.807, 2.05) is 38.1 Å². The topological polar surface area (TPSA) is 66.6 Å². The van der Waals surface area contributed by atoms with Crippen molar-refractivity contribution in [3.05, 3.63) is 29.8 Å². The Morgan fingerprint density at radius 3 is 2.65 bits per heavy atom. The molecule has 0 aliphatic carbocycles. The van der Waals surface area contributed by atoms with Crippen molar-refractivity contribution < 1.29 is 8.42 Å². The van der Waals surface area contributed by atoms with Crippen LogP contribution in [0.25, 0.3) is 0 Å². The number of hydrogen-bond donors (Lipinski definition) is 1. The first-order chi connectivity index (χ1) is 9.39. The fourth-order valence-corrected chi connectivity index (χ4v) is 4.17. The van der Waals surface area contributed by atoms with Crippen LogP contribution in [0.4, 0.5) is 5.69 Å². The van der Waals surface area contributed by atoms with Gasteiger partial charge in [0.25, 0.3) is 0 Å². The summed E-state index contributed by atoms with van der Waals surface area (Å²) in [4.78, 5) is 0. The van der Waals surface area contributed by atoms with E-state index in [9.17, 15) is 8.42 Å². The predicted molar refractivity (Wildman–Crippen MR) is 82.0 cm³/mol. The highest BCUT2D eigenvalue weighted by molar-refractivity contribution is 7.90. The molecule has 0 radical (unpaired) electrons. The molecule has 0 saturated heterocycles. The van der Waals surface area contributed by atoms with Crippen LogP contribution >= 0.6 is 0 Å². The Morgan fingerprint density at radius 1 is 1.40 bits per heavy atom. The molecule has 0 spiro atoms. The first-order valence-electron chi connectivity index (χ1n) is 6.94. The summed E-state index contributed by atoms with van der Waals surface area (Å²) < 4.78 is 28.3. The maximum atomic E-state index is 12.7. The number of para-hydroxylation sites is 1. The predicted octanol–water partition coefficient (Wildman–Crippen LogP) is 1.52. The normalized spacial score (nSPS) is 18.9. The third kappa shape index (κ3) is 2.55. The lowest BCUT2D eigenvalue weighted by Crippen LogP contribution is -2.44. The molecule has 6 heteroatoms. The molecule has 20 heavy (non-hydrogen) atoms. The van der Waals surface area contributed by atoms with Crippen LogP contribution in [0.15, 0.2) is 24.3 Å². The Bertz CT molecular complexity index is 572. The Hall–Kier alpha value is -1.11. The van der Waals surface area contributed by atoms with Crippen LogP contribution in [0.2, 0.25) is 0 Å². The van der Waals surface area contributed by atoms with E-state index in [0.29, 0.717) is 13.1 Å². The summed E-state index contributed by atoms with van der Waals surface area (Å²) in [5.74, 6) is 0.187. The number of benzene rings is 1. The third-order valence-corrected chi connectivity index (χ3v) is 5.97. The van der Waals surface area contributed by atoms with Crippen molar-refractivity contribution in [2.75, 3.05) is 24.4 Å². The van der Waals surface area contributed by atoms with Gasteiger partial charge in [0.05, 0.1) is 5.69 Å². The summed E-state index contributed by atoms with van der Waals surface area (Å²) >= 11 is 0. The fourth-order valence-electron chi connectivity index (χ4n) is 2.55. The molecular formula is C14H23N3O2S. The zero-order valence-corrected chi connectivity index (χ0v) is 13.1. The molecule has 1 aromatic rings. The summed E-state index contributed by atoms with van der Waals surface area (Å²) in [6.45, 7) is 4.79. The molecule has 1 aliphatic rings. The van der Waals surface area contributed by atoms with E-state index in [1.54, 1.807) is 7.05 Å². The van der Waals surface area contributed by atoms with Crippen LogP contribution in [0.1, 0.15) is 31.7 Å². The molecule has 112 valence electrons. The van der Waals surface area contributed by atoms with Gasteiger partial charge in [-0.1, -0.05) is 18.2 Å². The van der Waals surface area contributed by atoms with Gasteiger partial charge in [0.15, 0.2) is 0 Å². The Balaban J connectivity index is 2.40. The molecule has 1 aromatic carbocycles. The van der Waals surface area contributed by atoms with E-state index < -0.39 is 10.2 Å². The quantitative estimate of drug-likeness (QED) is 0.896. The molecule has 0 bridgehead atoms. The molecule has 1 unspecified atom stereocenters. The van der Waals surface area contributed by atoms with E-state index in [2.05, 4.69) is 0 Å². The van der Waals surface area contributed by atoms with Gasteiger partial charge in [0.1, 0.15) is 0 Å². The second-order valence-corrected chi connectivity index (χ2v) is 7.39. The van der Waals surface area contributed by atoms with Gasteiger partial charge in [-0.2, -0.15) is 12.7 Å². The van der Waals surface area contributed by atoms with Crippen LogP contribution in [-0.2, 0) is 10.2 Å². The Labute approximate surface area is 121 Å². The fraction of sp³-hybridized carbons (Fsp3) is 0.571. The molecule has 0 amide bonds. The summed E-state index contributed by atoms with van der Waals surface area (Å²) in [5.41, 5.74) is 7.52. The number of fused-ring (bicyclic) bond motifs is 1. The number of nitrogens with two attached hydrogens (primary N) is 1. The SMILES string of the molecule is CC(C)N(C)S(=O)(=O)N1CC(CCN)c2ccccc21. The van der Waals surface area contributed by atoms with Gasteiger partial charge in [-0.05, 0) is 38.4 Å². The maximum Gasteiger partial charge on any atom is 0.304 e. The van der Waals surface area contributed by atoms with E-state index in [0.717, 1.165) is 17.7 Å². The first kappa shape index (κ1) is 15.3. The smallest absolute Gasteiger partial charge is 0.304 e. The van der Waals surface area contributed by atoms with Crippen molar-refractivity contribution in [2.45, 2.75) is 32.2 Å². The van der Waals surface area contributed by atoms with Gasteiger partial charge in [-0.25, -0.2) is 0 Å². The lowest BCUT2D eigenvalue weighted by atomic mass is 9.98.